The van der Waals surface area contributed by atoms with E-state index in [2.05, 4.69) is 22.2 Å². The van der Waals surface area contributed by atoms with E-state index in [1.807, 2.05) is 20.0 Å². The Kier molecular flexibility index (Phi) is 7.10. The third-order valence-electron chi connectivity index (χ3n) is 6.56. The van der Waals surface area contributed by atoms with E-state index in [-0.39, 0.29) is 30.1 Å². The average Bonchev–Trinajstić information content (AvgIpc) is 3.34. The highest BCUT2D eigenvalue weighted by molar-refractivity contribution is 7.12. The molecule has 188 valence electrons. The van der Waals surface area contributed by atoms with E-state index in [9.17, 15) is 23.1 Å². The van der Waals surface area contributed by atoms with Gasteiger partial charge in [-0.1, -0.05) is 0 Å². The molecule has 1 saturated heterocycles. The number of aliphatic hydroxyl groups excluding tert-OH is 1. The Labute approximate surface area is 200 Å². The molecule has 2 aliphatic heterocycles. The van der Waals surface area contributed by atoms with E-state index < -0.39 is 23.3 Å². The lowest BCUT2D eigenvalue weighted by Crippen LogP contribution is -2.50. The molecule has 0 radical (unpaired) electrons. The van der Waals surface area contributed by atoms with Crippen LogP contribution in [-0.4, -0.2) is 50.9 Å². The SMILES string of the molecule is CC(C)NC(=O)Cn1cc(CN2CC[C@]3(C[C@@H]2C)OCCc2c3sc(C(F)(F)F)c2CO)cn1. The zero-order chi connectivity index (χ0) is 24.7. The summed E-state index contributed by atoms with van der Waals surface area (Å²) >= 11 is 0.739. The molecule has 11 heteroatoms. The van der Waals surface area contributed by atoms with Crippen molar-refractivity contribution in [2.24, 2.45) is 0 Å². The lowest BCUT2D eigenvalue weighted by molar-refractivity contribution is -0.135. The average molecular weight is 501 g/mol. The second-order valence-corrected chi connectivity index (χ2v) is 10.5. The number of hydrogen-bond acceptors (Lipinski definition) is 6. The second-order valence-electron chi connectivity index (χ2n) is 9.51. The molecule has 34 heavy (non-hydrogen) atoms. The number of aliphatic hydroxyl groups is 1. The maximum Gasteiger partial charge on any atom is 0.425 e. The van der Waals surface area contributed by atoms with E-state index in [0.717, 1.165) is 16.9 Å². The molecule has 2 N–H and O–H groups in total. The summed E-state index contributed by atoms with van der Waals surface area (Å²) in [6.45, 7) is 7.05. The minimum absolute atomic E-state index is 0.0131. The molecule has 0 saturated carbocycles. The van der Waals surface area contributed by atoms with Crippen molar-refractivity contribution in [1.29, 1.82) is 0 Å². The van der Waals surface area contributed by atoms with Crippen LogP contribution in [0.5, 0.6) is 0 Å². The first-order valence-corrected chi connectivity index (χ1v) is 12.4. The van der Waals surface area contributed by atoms with Crippen LogP contribution in [-0.2, 0) is 47.4 Å². The summed E-state index contributed by atoms with van der Waals surface area (Å²) in [7, 11) is 0. The topological polar surface area (TPSA) is 79.6 Å². The fourth-order valence-electron chi connectivity index (χ4n) is 5.09. The maximum absolute atomic E-state index is 13.6. The number of nitrogens with zero attached hydrogens (tertiary/aromatic N) is 3. The van der Waals surface area contributed by atoms with Crippen LogP contribution < -0.4 is 5.32 Å². The first kappa shape index (κ1) is 25.2. The predicted octanol–water partition coefficient (Wildman–Crippen LogP) is 3.43. The van der Waals surface area contributed by atoms with Gasteiger partial charge in [0.1, 0.15) is 17.0 Å². The Hall–Kier alpha value is -1.95. The van der Waals surface area contributed by atoms with Gasteiger partial charge in [0.2, 0.25) is 5.91 Å². The van der Waals surface area contributed by atoms with Crippen LogP contribution >= 0.6 is 11.3 Å². The second kappa shape index (κ2) is 9.60. The fourth-order valence-corrected chi connectivity index (χ4v) is 6.50. The number of aromatic nitrogens is 2. The molecular weight excluding hydrogens is 469 g/mol. The number of likely N-dealkylation sites (tertiary alicyclic amines) is 1. The molecule has 2 aliphatic rings. The number of piperidine rings is 1. The number of thiophene rings is 1. The summed E-state index contributed by atoms with van der Waals surface area (Å²) in [6, 6.07) is 0.136. The number of carbonyl (C=O) groups is 1. The minimum Gasteiger partial charge on any atom is -0.392 e. The van der Waals surface area contributed by atoms with Crippen molar-refractivity contribution < 1.29 is 27.8 Å². The van der Waals surface area contributed by atoms with Crippen molar-refractivity contribution in [3.05, 3.63) is 38.8 Å². The fraction of sp³-hybridized carbons (Fsp3) is 0.652. The van der Waals surface area contributed by atoms with Gasteiger partial charge < -0.3 is 15.2 Å². The zero-order valence-corrected chi connectivity index (χ0v) is 20.4. The van der Waals surface area contributed by atoms with Crippen molar-refractivity contribution in [2.45, 2.75) is 83.6 Å². The Morgan fingerprint density at radius 1 is 1.44 bits per heavy atom. The first-order valence-electron chi connectivity index (χ1n) is 11.5. The molecule has 2 aromatic heterocycles. The summed E-state index contributed by atoms with van der Waals surface area (Å²) < 4.78 is 48.6. The number of alkyl halides is 3. The van der Waals surface area contributed by atoms with Crippen LogP contribution in [0.1, 0.15) is 60.1 Å². The standard InChI is InChI=1S/C23H31F3N4O3S/c1-14(2)28-19(32)12-30-11-16(9-27-30)10-29-6-5-22(8-15(29)3)20-17(4-7-33-22)18(13-31)21(34-20)23(24,25)26/h9,11,14-15,31H,4-8,10,12-13H2,1-3H3,(H,28,32)/t15-,22+/m0/s1. The zero-order valence-electron chi connectivity index (χ0n) is 19.6. The lowest BCUT2D eigenvalue weighted by atomic mass is 9.81. The number of halogens is 3. The Morgan fingerprint density at radius 2 is 2.21 bits per heavy atom. The van der Waals surface area contributed by atoms with Gasteiger partial charge in [0.05, 0.1) is 19.4 Å². The van der Waals surface area contributed by atoms with Crippen molar-refractivity contribution >= 4 is 17.2 Å². The number of rotatable bonds is 6. The predicted molar refractivity (Wildman–Crippen MR) is 121 cm³/mol. The van der Waals surface area contributed by atoms with E-state index in [0.29, 0.717) is 49.4 Å². The third kappa shape index (κ3) is 5.02. The Bertz CT molecular complexity index is 1040. The molecule has 2 aromatic rings. The van der Waals surface area contributed by atoms with Crippen LogP contribution in [0.2, 0.25) is 0 Å². The number of amides is 1. The van der Waals surface area contributed by atoms with Crippen molar-refractivity contribution in [3.63, 3.8) is 0 Å². The molecule has 1 amide bonds. The smallest absolute Gasteiger partial charge is 0.392 e. The molecule has 0 aliphatic carbocycles. The molecule has 1 fully saturated rings. The highest BCUT2D eigenvalue weighted by Crippen LogP contribution is 2.51. The number of carbonyl (C=O) groups excluding carboxylic acids is 1. The lowest BCUT2D eigenvalue weighted by Gasteiger charge is -2.47. The van der Waals surface area contributed by atoms with Gasteiger partial charge in [-0.05, 0) is 45.6 Å². The van der Waals surface area contributed by atoms with Crippen molar-refractivity contribution in [1.82, 2.24) is 20.0 Å². The summed E-state index contributed by atoms with van der Waals surface area (Å²) in [6.07, 6.45) is 0.665. The minimum atomic E-state index is -4.49. The summed E-state index contributed by atoms with van der Waals surface area (Å²) in [5.41, 5.74) is 0.857. The summed E-state index contributed by atoms with van der Waals surface area (Å²) in [5.74, 6) is -0.0976. The molecule has 2 atom stereocenters. The Morgan fingerprint density at radius 3 is 2.85 bits per heavy atom. The van der Waals surface area contributed by atoms with Crippen LogP contribution in [0.3, 0.4) is 0 Å². The molecule has 4 rings (SSSR count). The third-order valence-corrected chi connectivity index (χ3v) is 8.06. The van der Waals surface area contributed by atoms with Crippen molar-refractivity contribution in [3.8, 4) is 0 Å². The number of fused-ring (bicyclic) bond motifs is 2. The van der Waals surface area contributed by atoms with Gasteiger partial charge in [-0.3, -0.25) is 14.4 Å². The van der Waals surface area contributed by atoms with E-state index in [1.54, 1.807) is 10.9 Å². The molecule has 1 spiro atoms. The summed E-state index contributed by atoms with van der Waals surface area (Å²) in [5, 5.41) is 16.8. The quantitative estimate of drug-likeness (QED) is 0.636. The van der Waals surface area contributed by atoms with Gasteiger partial charge in [0.25, 0.3) is 0 Å². The largest absolute Gasteiger partial charge is 0.425 e. The molecule has 0 bridgehead atoms. The molecule has 0 aromatic carbocycles. The first-order chi connectivity index (χ1) is 16.0. The van der Waals surface area contributed by atoms with E-state index in [4.69, 9.17) is 4.74 Å². The highest BCUT2D eigenvalue weighted by Gasteiger charge is 2.48. The maximum atomic E-state index is 13.6. The van der Waals surface area contributed by atoms with E-state index in [1.165, 1.54) is 0 Å². The van der Waals surface area contributed by atoms with Crippen LogP contribution in [0.15, 0.2) is 12.4 Å². The van der Waals surface area contributed by atoms with Crippen LogP contribution in [0.4, 0.5) is 13.2 Å². The molecule has 4 heterocycles. The highest BCUT2D eigenvalue weighted by atomic mass is 32.1. The van der Waals surface area contributed by atoms with Gasteiger partial charge in [0.15, 0.2) is 0 Å². The van der Waals surface area contributed by atoms with Crippen LogP contribution in [0, 0.1) is 0 Å². The van der Waals surface area contributed by atoms with Gasteiger partial charge >= 0.3 is 6.18 Å². The summed E-state index contributed by atoms with van der Waals surface area (Å²) in [4.78, 5) is 14.2. The van der Waals surface area contributed by atoms with Gasteiger partial charge in [-0.25, -0.2) is 0 Å². The van der Waals surface area contributed by atoms with Gasteiger partial charge in [-0.2, -0.15) is 18.3 Å². The van der Waals surface area contributed by atoms with Crippen LogP contribution in [0.25, 0.3) is 0 Å². The van der Waals surface area contributed by atoms with Gasteiger partial charge in [-0.15, -0.1) is 11.3 Å². The number of hydrogen-bond donors (Lipinski definition) is 2. The van der Waals surface area contributed by atoms with Crippen molar-refractivity contribution in [2.75, 3.05) is 13.2 Å². The Balaban J connectivity index is 1.47. The van der Waals surface area contributed by atoms with Gasteiger partial charge in [0, 0.05) is 47.4 Å². The molecule has 7 nitrogen and oxygen atoms in total. The monoisotopic (exact) mass is 500 g/mol. The number of nitrogens with one attached hydrogen (secondary N) is 1. The molecular formula is C23H31F3N4O3S. The number of ether oxygens (including phenoxy) is 1. The van der Waals surface area contributed by atoms with E-state index >= 15 is 0 Å². The molecule has 0 unspecified atom stereocenters. The normalized spacial score (nSPS) is 23.5.